The van der Waals surface area contributed by atoms with Crippen LogP contribution in [0, 0.1) is 0 Å². The molecule has 30 heavy (non-hydrogen) atoms. The highest BCUT2D eigenvalue weighted by Crippen LogP contribution is 2.31. The van der Waals surface area contributed by atoms with Gasteiger partial charge < -0.3 is 9.64 Å². The number of hydrogen-bond acceptors (Lipinski definition) is 4. The molecular formula is C23H30N2O4S. The number of ether oxygens (including phenoxy) is 1. The summed E-state index contributed by atoms with van der Waals surface area (Å²) in [4.78, 5) is 13.7. The van der Waals surface area contributed by atoms with Gasteiger partial charge in [0.2, 0.25) is 15.9 Å². The smallest absolute Gasteiger partial charge is 0.240 e. The van der Waals surface area contributed by atoms with Crippen LogP contribution >= 0.6 is 0 Å². The van der Waals surface area contributed by atoms with E-state index in [4.69, 9.17) is 4.74 Å². The molecule has 1 amide bonds. The van der Waals surface area contributed by atoms with Gasteiger partial charge in [-0.05, 0) is 53.6 Å². The van der Waals surface area contributed by atoms with Crippen LogP contribution in [0.15, 0.2) is 47.4 Å². The lowest BCUT2D eigenvalue weighted by atomic mass is 9.86. The maximum Gasteiger partial charge on any atom is 0.240 e. The predicted octanol–water partition coefficient (Wildman–Crippen LogP) is 3.64. The summed E-state index contributed by atoms with van der Waals surface area (Å²) in [5, 5.41) is 0. The van der Waals surface area contributed by atoms with Crippen molar-refractivity contribution >= 4 is 21.6 Å². The SMILES string of the molecule is CC(=O)N1CCCc2cc(S(=O)(=O)NCCOc3ccccc3C(C)(C)C)ccc21. The second-order valence-corrected chi connectivity index (χ2v) is 10.3. The number of fused-ring (bicyclic) bond motifs is 1. The summed E-state index contributed by atoms with van der Waals surface area (Å²) in [5.41, 5.74) is 2.70. The summed E-state index contributed by atoms with van der Waals surface area (Å²) < 4.78 is 33.9. The molecule has 1 heterocycles. The second kappa shape index (κ2) is 8.78. The van der Waals surface area contributed by atoms with Gasteiger partial charge >= 0.3 is 0 Å². The number of amides is 1. The van der Waals surface area contributed by atoms with Crippen molar-refractivity contribution in [2.45, 2.75) is 50.8 Å². The summed E-state index contributed by atoms with van der Waals surface area (Å²) in [6.07, 6.45) is 1.58. The minimum absolute atomic E-state index is 0.0302. The van der Waals surface area contributed by atoms with Crippen LogP contribution in [0.3, 0.4) is 0 Å². The van der Waals surface area contributed by atoms with E-state index in [1.165, 1.54) is 6.92 Å². The topological polar surface area (TPSA) is 75.7 Å². The lowest BCUT2D eigenvalue weighted by Gasteiger charge is -2.28. The number of carbonyl (C=O) groups is 1. The molecule has 0 fully saturated rings. The zero-order chi connectivity index (χ0) is 21.9. The van der Waals surface area contributed by atoms with Crippen LogP contribution in [0.2, 0.25) is 0 Å². The zero-order valence-electron chi connectivity index (χ0n) is 18.1. The Balaban J connectivity index is 1.65. The first kappa shape index (κ1) is 22.3. The molecule has 1 N–H and O–H groups in total. The standard InChI is InChI=1S/C23H30N2O4S/c1-17(26)25-14-7-8-18-16-19(11-12-21(18)25)30(27,28)24-13-15-29-22-10-6-5-9-20(22)23(2,3)4/h5-6,9-12,16,24H,7-8,13-15H2,1-4H3. The minimum Gasteiger partial charge on any atom is -0.492 e. The van der Waals surface area contributed by atoms with Gasteiger partial charge in [0.05, 0.1) is 4.90 Å². The number of hydrogen-bond donors (Lipinski definition) is 1. The van der Waals surface area contributed by atoms with Crippen molar-refractivity contribution < 1.29 is 17.9 Å². The molecule has 1 aliphatic rings. The predicted molar refractivity (Wildman–Crippen MR) is 119 cm³/mol. The highest BCUT2D eigenvalue weighted by molar-refractivity contribution is 7.89. The van der Waals surface area contributed by atoms with Gasteiger partial charge in [0.1, 0.15) is 12.4 Å². The Labute approximate surface area is 179 Å². The van der Waals surface area contributed by atoms with Crippen LogP contribution in [0.1, 0.15) is 45.2 Å². The van der Waals surface area contributed by atoms with Gasteiger partial charge in [-0.1, -0.05) is 39.0 Å². The fraction of sp³-hybridized carbons (Fsp3) is 0.435. The maximum atomic E-state index is 12.7. The average molecular weight is 431 g/mol. The van der Waals surface area contributed by atoms with Gasteiger partial charge in [0, 0.05) is 25.7 Å². The Bertz CT molecular complexity index is 1030. The molecule has 0 spiro atoms. The lowest BCUT2D eigenvalue weighted by Crippen LogP contribution is -2.34. The summed E-state index contributed by atoms with van der Waals surface area (Å²) >= 11 is 0. The van der Waals surface area contributed by atoms with Crippen molar-refractivity contribution in [2.24, 2.45) is 0 Å². The van der Waals surface area contributed by atoms with E-state index in [1.807, 2.05) is 24.3 Å². The summed E-state index contributed by atoms with van der Waals surface area (Å²) in [6.45, 7) is 8.93. The molecule has 162 valence electrons. The van der Waals surface area contributed by atoms with Crippen molar-refractivity contribution in [3.63, 3.8) is 0 Å². The molecule has 7 heteroatoms. The zero-order valence-corrected chi connectivity index (χ0v) is 18.9. The van der Waals surface area contributed by atoms with Crippen molar-refractivity contribution in [3.8, 4) is 5.75 Å². The molecule has 2 aromatic carbocycles. The first-order chi connectivity index (χ1) is 14.1. The van der Waals surface area contributed by atoms with E-state index in [0.29, 0.717) is 6.54 Å². The Hall–Kier alpha value is -2.38. The molecule has 6 nitrogen and oxygen atoms in total. The monoisotopic (exact) mass is 430 g/mol. The van der Waals surface area contributed by atoms with Gasteiger partial charge in [0.15, 0.2) is 0 Å². The van der Waals surface area contributed by atoms with Crippen LogP contribution in [-0.2, 0) is 26.7 Å². The fourth-order valence-electron chi connectivity index (χ4n) is 3.70. The number of carbonyl (C=O) groups excluding carboxylic acids is 1. The van der Waals surface area contributed by atoms with E-state index in [-0.39, 0.29) is 29.4 Å². The first-order valence-electron chi connectivity index (χ1n) is 10.2. The molecule has 0 bridgehead atoms. The molecule has 0 saturated carbocycles. The largest absolute Gasteiger partial charge is 0.492 e. The lowest BCUT2D eigenvalue weighted by molar-refractivity contribution is -0.116. The van der Waals surface area contributed by atoms with Crippen molar-refractivity contribution in [3.05, 3.63) is 53.6 Å². The van der Waals surface area contributed by atoms with Crippen LogP contribution < -0.4 is 14.4 Å². The van der Waals surface area contributed by atoms with Crippen molar-refractivity contribution in [2.75, 3.05) is 24.6 Å². The number of nitrogens with zero attached hydrogens (tertiary/aromatic N) is 1. The van der Waals surface area contributed by atoms with E-state index in [0.717, 1.165) is 35.4 Å². The average Bonchev–Trinajstić information content (AvgIpc) is 2.69. The van der Waals surface area contributed by atoms with E-state index < -0.39 is 10.0 Å². The molecule has 2 aromatic rings. The number of sulfonamides is 1. The first-order valence-corrected chi connectivity index (χ1v) is 11.7. The molecule has 0 radical (unpaired) electrons. The molecular weight excluding hydrogens is 400 g/mol. The fourth-order valence-corrected chi connectivity index (χ4v) is 4.76. The molecule has 0 aromatic heterocycles. The second-order valence-electron chi connectivity index (χ2n) is 8.56. The Morgan fingerprint density at radius 2 is 1.90 bits per heavy atom. The third kappa shape index (κ3) is 5.02. The molecule has 0 aliphatic carbocycles. The minimum atomic E-state index is -3.66. The van der Waals surface area contributed by atoms with Crippen LogP contribution in [0.25, 0.3) is 0 Å². The summed E-state index contributed by atoms with van der Waals surface area (Å²) in [7, 11) is -3.66. The van der Waals surface area contributed by atoms with Gasteiger partial charge in [0.25, 0.3) is 0 Å². The van der Waals surface area contributed by atoms with E-state index in [1.54, 1.807) is 23.1 Å². The van der Waals surface area contributed by atoms with Crippen LogP contribution in [-0.4, -0.2) is 34.0 Å². The number of anilines is 1. The van der Waals surface area contributed by atoms with Gasteiger partial charge in [-0.25, -0.2) is 13.1 Å². The maximum absolute atomic E-state index is 12.7. The van der Waals surface area contributed by atoms with Gasteiger partial charge in [-0.3, -0.25) is 4.79 Å². The summed E-state index contributed by atoms with van der Waals surface area (Å²) in [6, 6.07) is 12.8. The number of rotatable bonds is 6. The summed E-state index contributed by atoms with van der Waals surface area (Å²) in [5.74, 6) is 0.736. The highest BCUT2D eigenvalue weighted by atomic mass is 32.2. The van der Waals surface area contributed by atoms with Crippen molar-refractivity contribution in [1.29, 1.82) is 0 Å². The third-order valence-corrected chi connectivity index (χ3v) is 6.67. The highest BCUT2D eigenvalue weighted by Gasteiger charge is 2.23. The molecule has 0 unspecified atom stereocenters. The van der Waals surface area contributed by atoms with Gasteiger partial charge in [-0.15, -0.1) is 0 Å². The number of benzene rings is 2. The normalized spacial score (nSPS) is 14.3. The van der Waals surface area contributed by atoms with Gasteiger partial charge in [-0.2, -0.15) is 0 Å². The number of aryl methyl sites for hydroxylation is 1. The Kier molecular flexibility index (Phi) is 6.53. The molecule has 1 aliphatic heterocycles. The number of nitrogens with one attached hydrogen (secondary N) is 1. The quantitative estimate of drug-likeness (QED) is 0.710. The van der Waals surface area contributed by atoms with E-state index in [9.17, 15) is 13.2 Å². The van der Waals surface area contributed by atoms with E-state index in [2.05, 4.69) is 25.5 Å². The number of para-hydroxylation sites is 1. The third-order valence-electron chi connectivity index (χ3n) is 5.21. The molecule has 3 rings (SSSR count). The van der Waals surface area contributed by atoms with Crippen molar-refractivity contribution in [1.82, 2.24) is 4.72 Å². The Morgan fingerprint density at radius 1 is 1.17 bits per heavy atom. The molecule has 0 saturated heterocycles. The van der Waals surface area contributed by atoms with Crippen LogP contribution in [0.5, 0.6) is 5.75 Å². The Morgan fingerprint density at radius 3 is 2.60 bits per heavy atom. The van der Waals surface area contributed by atoms with Crippen LogP contribution in [0.4, 0.5) is 5.69 Å². The molecule has 0 atom stereocenters. The van der Waals surface area contributed by atoms with E-state index >= 15 is 0 Å².